The van der Waals surface area contributed by atoms with Gasteiger partial charge in [-0.2, -0.15) is 0 Å². The zero-order valence-corrected chi connectivity index (χ0v) is 13.9. The highest BCUT2D eigenvalue weighted by molar-refractivity contribution is 6.31. The Morgan fingerprint density at radius 3 is 2.42 bits per heavy atom. The van der Waals surface area contributed by atoms with Crippen molar-refractivity contribution in [3.63, 3.8) is 0 Å². The smallest absolute Gasteiger partial charge is 0.319 e. The van der Waals surface area contributed by atoms with E-state index in [2.05, 4.69) is 10.6 Å². The number of anilines is 1. The third-order valence-electron chi connectivity index (χ3n) is 2.97. The van der Waals surface area contributed by atoms with Gasteiger partial charge in [-0.05, 0) is 49.4 Å². The van der Waals surface area contributed by atoms with Crippen molar-refractivity contribution in [2.75, 3.05) is 25.1 Å². The molecule has 2 amide bonds. The maximum Gasteiger partial charge on any atom is 0.319 e. The molecule has 0 aliphatic heterocycles. The summed E-state index contributed by atoms with van der Waals surface area (Å²) in [6.07, 6.45) is 0. The quantitative estimate of drug-likeness (QED) is 0.738. The zero-order chi connectivity index (χ0) is 17.4. The minimum atomic E-state index is -0.536. The molecule has 24 heavy (non-hydrogen) atoms. The Labute approximate surface area is 144 Å². The number of nitrogens with one attached hydrogen (secondary N) is 2. The van der Waals surface area contributed by atoms with Gasteiger partial charge in [-0.25, -0.2) is 9.18 Å². The van der Waals surface area contributed by atoms with Crippen molar-refractivity contribution in [1.82, 2.24) is 5.32 Å². The Kier molecular flexibility index (Phi) is 6.69. The molecule has 2 aromatic rings. The molecule has 128 valence electrons. The van der Waals surface area contributed by atoms with Crippen LogP contribution >= 0.6 is 11.6 Å². The normalized spacial score (nSPS) is 10.1. The van der Waals surface area contributed by atoms with Crippen molar-refractivity contribution in [3.8, 4) is 11.5 Å². The third kappa shape index (κ3) is 5.62. The molecule has 0 spiro atoms. The largest absolute Gasteiger partial charge is 0.494 e. The lowest BCUT2D eigenvalue weighted by molar-refractivity contribution is 0.247. The number of hydrogen-bond donors (Lipinski definition) is 2. The molecule has 2 rings (SSSR count). The number of carbonyl (C=O) groups excluding carboxylic acids is 1. The van der Waals surface area contributed by atoms with Crippen LogP contribution in [0.3, 0.4) is 0 Å². The lowest BCUT2D eigenvalue weighted by Crippen LogP contribution is -2.32. The van der Waals surface area contributed by atoms with Crippen LogP contribution in [-0.4, -0.2) is 25.8 Å². The van der Waals surface area contributed by atoms with Gasteiger partial charge in [-0.15, -0.1) is 0 Å². The predicted octanol–water partition coefficient (Wildman–Crippen LogP) is 4.08. The summed E-state index contributed by atoms with van der Waals surface area (Å²) in [6.45, 7) is 3.15. The minimum absolute atomic E-state index is 0.0494. The topological polar surface area (TPSA) is 59.6 Å². The summed E-state index contributed by atoms with van der Waals surface area (Å²) in [6, 6.07) is 10.8. The SMILES string of the molecule is CCOc1ccc(OCCNC(=O)Nc2ccc(F)c(Cl)c2)cc1. The summed E-state index contributed by atoms with van der Waals surface area (Å²) in [5, 5.41) is 5.14. The summed E-state index contributed by atoms with van der Waals surface area (Å²) >= 11 is 5.65. The third-order valence-corrected chi connectivity index (χ3v) is 3.26. The number of ether oxygens (including phenoxy) is 2. The van der Waals surface area contributed by atoms with Crippen LogP contribution in [0.25, 0.3) is 0 Å². The molecule has 7 heteroatoms. The van der Waals surface area contributed by atoms with Crippen molar-refractivity contribution >= 4 is 23.3 Å². The minimum Gasteiger partial charge on any atom is -0.494 e. The van der Waals surface area contributed by atoms with Crippen LogP contribution < -0.4 is 20.1 Å². The van der Waals surface area contributed by atoms with E-state index in [1.165, 1.54) is 18.2 Å². The van der Waals surface area contributed by atoms with E-state index in [4.69, 9.17) is 21.1 Å². The first kappa shape index (κ1) is 17.9. The van der Waals surface area contributed by atoms with Gasteiger partial charge in [0.2, 0.25) is 0 Å². The Balaban J connectivity index is 1.69. The van der Waals surface area contributed by atoms with Gasteiger partial charge in [-0.3, -0.25) is 0 Å². The number of urea groups is 1. The standard InChI is InChI=1S/C17H18ClFN2O3/c1-2-23-13-4-6-14(7-5-13)24-10-9-20-17(22)21-12-3-8-16(19)15(18)11-12/h3-8,11H,2,9-10H2,1H3,(H2,20,21,22). The van der Waals surface area contributed by atoms with E-state index in [1.54, 1.807) is 12.1 Å². The van der Waals surface area contributed by atoms with Gasteiger partial charge in [0, 0.05) is 5.69 Å². The van der Waals surface area contributed by atoms with Crippen molar-refractivity contribution < 1.29 is 18.7 Å². The molecule has 0 aliphatic carbocycles. The van der Waals surface area contributed by atoms with Crippen LogP contribution in [-0.2, 0) is 0 Å². The van der Waals surface area contributed by atoms with Gasteiger partial charge in [0.05, 0.1) is 18.2 Å². The van der Waals surface area contributed by atoms with Gasteiger partial charge in [0.15, 0.2) is 0 Å². The van der Waals surface area contributed by atoms with E-state index in [0.717, 1.165) is 5.75 Å². The first-order valence-corrected chi connectivity index (χ1v) is 7.82. The molecule has 5 nitrogen and oxygen atoms in total. The van der Waals surface area contributed by atoms with Crippen LogP contribution in [0.4, 0.5) is 14.9 Å². The van der Waals surface area contributed by atoms with Crippen molar-refractivity contribution in [3.05, 3.63) is 53.3 Å². The number of rotatable bonds is 7. The Bertz CT molecular complexity index is 680. The molecule has 0 saturated heterocycles. The number of benzene rings is 2. The second-order valence-electron chi connectivity index (χ2n) is 4.76. The van der Waals surface area contributed by atoms with Gasteiger partial charge < -0.3 is 20.1 Å². The van der Waals surface area contributed by atoms with E-state index in [1.807, 2.05) is 19.1 Å². The summed E-state index contributed by atoms with van der Waals surface area (Å²) in [5.41, 5.74) is 0.409. The molecule has 0 aromatic heterocycles. The zero-order valence-electron chi connectivity index (χ0n) is 13.1. The van der Waals surface area contributed by atoms with Crippen LogP contribution in [0.5, 0.6) is 11.5 Å². The fraction of sp³-hybridized carbons (Fsp3) is 0.235. The average molecular weight is 353 g/mol. The Morgan fingerprint density at radius 2 is 1.79 bits per heavy atom. The van der Waals surface area contributed by atoms with Crippen molar-refractivity contribution in [1.29, 1.82) is 0 Å². The predicted molar refractivity (Wildman–Crippen MR) is 91.5 cm³/mol. The molecule has 0 aliphatic rings. The highest BCUT2D eigenvalue weighted by Crippen LogP contribution is 2.19. The second-order valence-corrected chi connectivity index (χ2v) is 5.17. The van der Waals surface area contributed by atoms with Gasteiger partial charge in [0.25, 0.3) is 0 Å². The lowest BCUT2D eigenvalue weighted by Gasteiger charge is -2.10. The number of carbonyl (C=O) groups is 1. The molecular weight excluding hydrogens is 335 g/mol. The van der Waals surface area contributed by atoms with Crippen LogP contribution in [0.15, 0.2) is 42.5 Å². The molecule has 2 N–H and O–H groups in total. The van der Waals surface area contributed by atoms with Crippen molar-refractivity contribution in [2.45, 2.75) is 6.92 Å². The molecular formula is C17H18ClFN2O3. The fourth-order valence-corrected chi connectivity index (χ4v) is 2.06. The van der Waals surface area contributed by atoms with E-state index < -0.39 is 11.8 Å². The molecule has 0 unspecified atom stereocenters. The van der Waals surface area contributed by atoms with E-state index in [-0.39, 0.29) is 5.02 Å². The van der Waals surface area contributed by atoms with Gasteiger partial charge >= 0.3 is 6.03 Å². The Morgan fingerprint density at radius 1 is 1.12 bits per heavy atom. The maximum atomic E-state index is 13.0. The summed E-state index contributed by atoms with van der Waals surface area (Å²) < 4.78 is 23.9. The molecule has 0 fully saturated rings. The molecule has 0 heterocycles. The van der Waals surface area contributed by atoms with Crippen LogP contribution in [0.2, 0.25) is 5.02 Å². The van der Waals surface area contributed by atoms with E-state index in [0.29, 0.717) is 31.2 Å². The first-order valence-electron chi connectivity index (χ1n) is 7.44. The van der Waals surface area contributed by atoms with Crippen molar-refractivity contribution in [2.24, 2.45) is 0 Å². The monoisotopic (exact) mass is 352 g/mol. The lowest BCUT2D eigenvalue weighted by atomic mass is 10.3. The molecule has 0 radical (unpaired) electrons. The molecule has 0 bridgehead atoms. The number of hydrogen-bond acceptors (Lipinski definition) is 3. The number of halogens is 2. The van der Waals surface area contributed by atoms with E-state index in [9.17, 15) is 9.18 Å². The summed E-state index contributed by atoms with van der Waals surface area (Å²) in [7, 11) is 0. The first-order chi connectivity index (χ1) is 11.6. The molecule has 2 aromatic carbocycles. The maximum absolute atomic E-state index is 13.0. The number of amides is 2. The van der Waals surface area contributed by atoms with Crippen LogP contribution in [0, 0.1) is 5.82 Å². The van der Waals surface area contributed by atoms with Gasteiger partial charge in [0.1, 0.15) is 23.9 Å². The summed E-state index contributed by atoms with van der Waals surface area (Å²) in [5.74, 6) is 0.928. The average Bonchev–Trinajstić information content (AvgIpc) is 2.57. The van der Waals surface area contributed by atoms with Gasteiger partial charge in [-0.1, -0.05) is 11.6 Å². The summed E-state index contributed by atoms with van der Waals surface area (Å²) in [4.78, 5) is 11.7. The Hall–Kier alpha value is -2.47. The fourth-order valence-electron chi connectivity index (χ4n) is 1.88. The second kappa shape index (κ2) is 8.98. The molecule has 0 saturated carbocycles. The highest BCUT2D eigenvalue weighted by atomic mass is 35.5. The van der Waals surface area contributed by atoms with Crippen LogP contribution in [0.1, 0.15) is 6.92 Å². The molecule has 0 atom stereocenters. The van der Waals surface area contributed by atoms with E-state index >= 15 is 0 Å². The highest BCUT2D eigenvalue weighted by Gasteiger charge is 2.04.